The third-order valence-electron chi connectivity index (χ3n) is 4.26. The van der Waals surface area contributed by atoms with Gasteiger partial charge in [0.25, 0.3) is 0 Å². The van der Waals surface area contributed by atoms with Crippen molar-refractivity contribution in [2.24, 2.45) is 0 Å². The van der Waals surface area contributed by atoms with Gasteiger partial charge in [-0.15, -0.1) is 0 Å². The van der Waals surface area contributed by atoms with E-state index in [4.69, 9.17) is 4.63 Å². The van der Waals surface area contributed by atoms with Crippen LogP contribution in [-0.4, -0.2) is 32.4 Å². The van der Waals surface area contributed by atoms with Gasteiger partial charge >= 0.3 is 0 Å². The first-order valence-electron chi connectivity index (χ1n) is 7.42. The van der Waals surface area contributed by atoms with Crippen molar-refractivity contribution in [2.75, 3.05) is 10.6 Å². The van der Waals surface area contributed by atoms with E-state index in [1.54, 1.807) is 0 Å². The first-order chi connectivity index (χ1) is 9.88. The number of nitrogens with zero attached hydrogens (tertiary/aromatic N) is 4. The zero-order valence-electron chi connectivity index (χ0n) is 11.3. The lowest BCUT2D eigenvalue weighted by molar-refractivity contribution is 0.314. The van der Waals surface area contributed by atoms with Crippen LogP contribution in [0.1, 0.15) is 44.9 Å². The molecule has 0 spiro atoms. The van der Waals surface area contributed by atoms with Crippen molar-refractivity contribution in [1.29, 1.82) is 0 Å². The molecule has 2 aromatic heterocycles. The Morgan fingerprint density at radius 2 is 1.25 bits per heavy atom. The van der Waals surface area contributed by atoms with Gasteiger partial charge in [-0.2, -0.15) is 0 Å². The Morgan fingerprint density at radius 3 is 1.70 bits per heavy atom. The Kier molecular flexibility index (Phi) is 2.90. The third-order valence-corrected chi connectivity index (χ3v) is 4.26. The number of hydrogen-bond acceptors (Lipinski definition) is 7. The Labute approximate surface area is 116 Å². The number of nitrogens with one attached hydrogen (secondary N) is 2. The highest BCUT2D eigenvalue weighted by atomic mass is 16.6. The van der Waals surface area contributed by atoms with Crippen LogP contribution in [0.4, 0.5) is 11.6 Å². The SMILES string of the molecule is C1CCC(Nc2nc3nonc3nc2NC2CCC2)C1. The maximum atomic E-state index is 4.71. The predicted octanol–water partition coefficient (Wildman–Crippen LogP) is 2.33. The summed E-state index contributed by atoms with van der Waals surface area (Å²) < 4.78 is 4.71. The van der Waals surface area contributed by atoms with Crippen LogP contribution in [0.15, 0.2) is 4.63 Å². The standard InChI is InChI=1S/C13H18N6O/c1-2-5-8(4-1)14-10-11(15-9-6-3-7-9)17-13-12(16-10)18-20-19-13/h8-9H,1-7H2,(H,14,16,18)(H,15,17,19). The molecule has 4 rings (SSSR count). The minimum absolute atomic E-state index is 0.462. The Hall–Kier alpha value is -1.92. The number of hydrogen-bond donors (Lipinski definition) is 2. The van der Waals surface area contributed by atoms with E-state index in [1.165, 1.54) is 44.9 Å². The van der Waals surface area contributed by atoms with Crippen molar-refractivity contribution in [2.45, 2.75) is 57.0 Å². The summed E-state index contributed by atoms with van der Waals surface area (Å²) in [7, 11) is 0. The summed E-state index contributed by atoms with van der Waals surface area (Å²) in [5.74, 6) is 1.57. The molecule has 0 atom stereocenters. The zero-order valence-corrected chi connectivity index (χ0v) is 11.3. The molecular formula is C13H18N6O. The Morgan fingerprint density at radius 1 is 0.750 bits per heavy atom. The molecule has 0 saturated heterocycles. The monoisotopic (exact) mass is 274 g/mol. The van der Waals surface area contributed by atoms with Crippen LogP contribution in [0, 0.1) is 0 Å². The highest BCUT2D eigenvalue weighted by Gasteiger charge is 2.23. The van der Waals surface area contributed by atoms with Crippen molar-refractivity contribution in [3.05, 3.63) is 0 Å². The van der Waals surface area contributed by atoms with Crippen molar-refractivity contribution < 1.29 is 4.63 Å². The second kappa shape index (κ2) is 4.88. The van der Waals surface area contributed by atoms with Gasteiger partial charge in [0.15, 0.2) is 11.6 Å². The van der Waals surface area contributed by atoms with E-state index in [-0.39, 0.29) is 0 Å². The van der Waals surface area contributed by atoms with Crippen LogP contribution < -0.4 is 10.6 Å². The van der Waals surface area contributed by atoms with Gasteiger partial charge in [-0.3, -0.25) is 0 Å². The summed E-state index contributed by atoms with van der Waals surface area (Å²) >= 11 is 0. The van der Waals surface area contributed by atoms with Crippen LogP contribution in [0.5, 0.6) is 0 Å². The molecule has 0 unspecified atom stereocenters. The number of aromatic nitrogens is 4. The van der Waals surface area contributed by atoms with Crippen molar-refractivity contribution in [3.8, 4) is 0 Å². The van der Waals surface area contributed by atoms with Gasteiger partial charge in [-0.1, -0.05) is 12.8 Å². The molecule has 0 aliphatic heterocycles. The first-order valence-corrected chi connectivity index (χ1v) is 7.42. The fourth-order valence-electron chi connectivity index (χ4n) is 2.85. The molecule has 2 saturated carbocycles. The molecule has 20 heavy (non-hydrogen) atoms. The third kappa shape index (κ3) is 2.17. The van der Waals surface area contributed by atoms with E-state index in [0.717, 1.165) is 11.6 Å². The summed E-state index contributed by atoms with van der Waals surface area (Å²) in [4.78, 5) is 9.00. The molecule has 2 N–H and O–H groups in total. The lowest BCUT2D eigenvalue weighted by Crippen LogP contribution is -2.29. The van der Waals surface area contributed by atoms with Gasteiger partial charge in [0.2, 0.25) is 11.3 Å². The van der Waals surface area contributed by atoms with E-state index in [1.807, 2.05) is 0 Å². The summed E-state index contributed by atoms with van der Waals surface area (Å²) in [6, 6.07) is 0.995. The van der Waals surface area contributed by atoms with E-state index in [2.05, 4.69) is 30.9 Å². The van der Waals surface area contributed by atoms with Crippen LogP contribution in [0.3, 0.4) is 0 Å². The van der Waals surface area contributed by atoms with E-state index < -0.39 is 0 Å². The van der Waals surface area contributed by atoms with Crippen molar-refractivity contribution >= 4 is 22.9 Å². The second-order valence-electron chi connectivity index (χ2n) is 5.73. The van der Waals surface area contributed by atoms with E-state index >= 15 is 0 Å². The van der Waals surface area contributed by atoms with Crippen molar-refractivity contribution in [1.82, 2.24) is 20.3 Å². The predicted molar refractivity (Wildman–Crippen MR) is 74.5 cm³/mol. The fourth-order valence-corrected chi connectivity index (χ4v) is 2.85. The number of anilines is 2. The average molecular weight is 274 g/mol. The molecule has 7 nitrogen and oxygen atoms in total. The summed E-state index contributed by atoms with van der Waals surface area (Å²) in [6.07, 6.45) is 8.62. The quantitative estimate of drug-likeness (QED) is 0.884. The smallest absolute Gasteiger partial charge is 0.245 e. The van der Waals surface area contributed by atoms with Gasteiger partial charge < -0.3 is 10.6 Å². The maximum Gasteiger partial charge on any atom is 0.245 e. The first kappa shape index (κ1) is 11.9. The number of rotatable bonds is 4. The van der Waals surface area contributed by atoms with Crippen LogP contribution >= 0.6 is 0 Å². The second-order valence-corrected chi connectivity index (χ2v) is 5.73. The zero-order chi connectivity index (χ0) is 13.4. The van der Waals surface area contributed by atoms with Gasteiger partial charge in [0, 0.05) is 12.1 Å². The average Bonchev–Trinajstić information content (AvgIpc) is 3.04. The highest BCUT2D eigenvalue weighted by molar-refractivity contribution is 5.73. The molecule has 2 aliphatic rings. The minimum Gasteiger partial charge on any atom is -0.364 e. The van der Waals surface area contributed by atoms with Crippen molar-refractivity contribution in [3.63, 3.8) is 0 Å². The van der Waals surface area contributed by atoms with Crippen LogP contribution in [-0.2, 0) is 0 Å². The van der Waals surface area contributed by atoms with E-state index in [9.17, 15) is 0 Å². The maximum absolute atomic E-state index is 4.71. The number of fused-ring (bicyclic) bond motifs is 1. The topological polar surface area (TPSA) is 88.8 Å². The molecular weight excluding hydrogens is 256 g/mol. The molecule has 2 aromatic rings. The molecule has 0 bridgehead atoms. The molecule has 0 amide bonds. The normalized spacial score (nSPS) is 20.2. The largest absolute Gasteiger partial charge is 0.364 e. The Bertz CT molecular complexity index is 602. The van der Waals surface area contributed by atoms with Crippen LogP contribution in [0.2, 0.25) is 0 Å². The van der Waals surface area contributed by atoms with E-state index in [0.29, 0.717) is 23.4 Å². The lowest BCUT2D eigenvalue weighted by Gasteiger charge is -2.28. The molecule has 106 valence electrons. The summed E-state index contributed by atoms with van der Waals surface area (Å²) in [5, 5.41) is 14.5. The molecule has 2 heterocycles. The fraction of sp³-hybridized carbons (Fsp3) is 0.692. The van der Waals surface area contributed by atoms with Gasteiger partial charge in [-0.05, 0) is 42.4 Å². The Balaban J connectivity index is 1.64. The molecule has 2 fully saturated rings. The molecule has 2 aliphatic carbocycles. The molecule has 0 aromatic carbocycles. The molecule has 0 radical (unpaired) electrons. The minimum atomic E-state index is 0.462. The van der Waals surface area contributed by atoms with Gasteiger partial charge in [0.1, 0.15) is 0 Å². The summed E-state index contributed by atoms with van der Waals surface area (Å²) in [6.45, 7) is 0. The summed E-state index contributed by atoms with van der Waals surface area (Å²) in [5.41, 5.74) is 0.924. The highest BCUT2D eigenvalue weighted by Crippen LogP contribution is 2.29. The lowest BCUT2D eigenvalue weighted by atomic mass is 9.93. The van der Waals surface area contributed by atoms with Gasteiger partial charge in [0.05, 0.1) is 0 Å². The van der Waals surface area contributed by atoms with Crippen LogP contribution in [0.25, 0.3) is 11.3 Å². The van der Waals surface area contributed by atoms with Gasteiger partial charge in [-0.25, -0.2) is 14.6 Å². The molecule has 7 heteroatoms.